The minimum atomic E-state index is -1.09. The summed E-state index contributed by atoms with van der Waals surface area (Å²) in [6, 6.07) is 9.42. The number of allylic oxidation sites excluding steroid dienone is 2. The van der Waals surface area contributed by atoms with Crippen LogP contribution < -0.4 is 0 Å². The van der Waals surface area contributed by atoms with Gasteiger partial charge in [0.05, 0.1) is 5.57 Å². The Morgan fingerprint density at radius 2 is 1.90 bits per heavy atom. The summed E-state index contributed by atoms with van der Waals surface area (Å²) in [5.41, 5.74) is 1.17. The van der Waals surface area contributed by atoms with Crippen molar-refractivity contribution in [2.75, 3.05) is 6.61 Å². The average Bonchev–Trinajstić information content (AvgIpc) is 2.49. The highest BCUT2D eigenvalue weighted by atomic mass is 16.5. The van der Waals surface area contributed by atoms with Gasteiger partial charge in [-0.2, -0.15) is 0 Å². The van der Waals surface area contributed by atoms with Crippen LogP contribution in [0.25, 0.3) is 6.08 Å². The van der Waals surface area contributed by atoms with Gasteiger partial charge in [0.25, 0.3) is 0 Å². The van der Waals surface area contributed by atoms with Crippen LogP contribution in [0.3, 0.4) is 0 Å². The lowest BCUT2D eigenvalue weighted by Gasteiger charge is -2.02. The van der Waals surface area contributed by atoms with Crippen molar-refractivity contribution in [2.45, 2.75) is 0 Å². The molecule has 0 fully saturated rings. The van der Waals surface area contributed by atoms with Gasteiger partial charge < -0.3 is 9.84 Å². The van der Waals surface area contributed by atoms with Crippen molar-refractivity contribution in [1.82, 2.24) is 0 Å². The molecule has 21 heavy (non-hydrogen) atoms. The number of hydrogen-bond acceptors (Lipinski definition) is 3. The molecule has 0 aromatic heterocycles. The Kier molecular flexibility index (Phi) is 7.00. The van der Waals surface area contributed by atoms with Crippen molar-refractivity contribution in [1.29, 1.82) is 0 Å². The maximum Gasteiger partial charge on any atom is 0.338 e. The van der Waals surface area contributed by atoms with E-state index in [0.29, 0.717) is 0 Å². The molecule has 1 rings (SSSR count). The Morgan fingerprint density at radius 3 is 2.52 bits per heavy atom. The smallest absolute Gasteiger partial charge is 0.338 e. The Hall–Kier alpha value is -2.88. The van der Waals surface area contributed by atoms with Crippen molar-refractivity contribution in [3.05, 3.63) is 78.4 Å². The van der Waals surface area contributed by atoms with Gasteiger partial charge >= 0.3 is 11.9 Å². The van der Waals surface area contributed by atoms with Crippen molar-refractivity contribution < 1.29 is 19.4 Å². The first kappa shape index (κ1) is 16.2. The summed E-state index contributed by atoms with van der Waals surface area (Å²) >= 11 is 0. The first-order valence-corrected chi connectivity index (χ1v) is 6.26. The molecule has 0 aliphatic carbocycles. The molecule has 108 valence electrons. The zero-order chi connectivity index (χ0) is 15.5. The fourth-order valence-electron chi connectivity index (χ4n) is 1.39. The number of esters is 1. The van der Waals surface area contributed by atoms with Gasteiger partial charge in [0, 0.05) is 6.08 Å². The summed E-state index contributed by atoms with van der Waals surface area (Å²) in [4.78, 5) is 22.3. The monoisotopic (exact) mass is 284 g/mol. The maximum atomic E-state index is 11.8. The molecular weight excluding hydrogens is 268 g/mol. The van der Waals surface area contributed by atoms with E-state index in [1.54, 1.807) is 12.2 Å². The van der Waals surface area contributed by atoms with Gasteiger partial charge in [0.1, 0.15) is 6.61 Å². The lowest BCUT2D eigenvalue weighted by molar-refractivity contribution is -0.137. The van der Waals surface area contributed by atoms with Crippen LogP contribution in [0.4, 0.5) is 0 Å². The van der Waals surface area contributed by atoms with Gasteiger partial charge in [-0.1, -0.05) is 55.1 Å². The van der Waals surface area contributed by atoms with Gasteiger partial charge in [-0.25, -0.2) is 9.59 Å². The number of carboxylic acid groups (broad SMARTS) is 1. The number of carboxylic acids is 1. The first-order chi connectivity index (χ1) is 10.1. The molecule has 4 nitrogen and oxygen atoms in total. The van der Waals surface area contributed by atoms with E-state index in [9.17, 15) is 9.59 Å². The molecule has 0 saturated heterocycles. The second-order valence-electron chi connectivity index (χ2n) is 3.95. The lowest BCUT2D eigenvalue weighted by Crippen LogP contribution is -2.06. The summed E-state index contributed by atoms with van der Waals surface area (Å²) in [6.45, 7) is 3.56. The second-order valence-corrected chi connectivity index (χ2v) is 3.95. The molecule has 0 radical (unpaired) electrons. The number of carbonyl (C=O) groups is 2. The van der Waals surface area contributed by atoms with E-state index in [1.165, 1.54) is 18.2 Å². The van der Waals surface area contributed by atoms with Crippen LogP contribution in [0.5, 0.6) is 0 Å². The molecule has 0 aliphatic rings. The topological polar surface area (TPSA) is 63.6 Å². The van der Waals surface area contributed by atoms with Crippen molar-refractivity contribution in [2.24, 2.45) is 0 Å². The molecule has 0 unspecified atom stereocenters. The first-order valence-electron chi connectivity index (χ1n) is 6.26. The number of rotatable bonds is 7. The lowest BCUT2D eigenvalue weighted by atomic mass is 10.1. The van der Waals surface area contributed by atoms with Crippen LogP contribution in [-0.4, -0.2) is 23.7 Å². The number of benzene rings is 1. The van der Waals surface area contributed by atoms with Gasteiger partial charge in [0.2, 0.25) is 0 Å². The number of ether oxygens (including phenoxy) is 1. The SMILES string of the molecule is C=CCOC(=O)C(C=Cc1ccccc1)=CC=CC(=O)O. The molecule has 0 atom stereocenters. The summed E-state index contributed by atoms with van der Waals surface area (Å²) in [7, 11) is 0. The van der Waals surface area contributed by atoms with Crippen molar-refractivity contribution >= 4 is 18.0 Å². The zero-order valence-corrected chi connectivity index (χ0v) is 11.4. The number of hydrogen-bond donors (Lipinski definition) is 1. The van der Waals surface area contributed by atoms with Gasteiger partial charge in [-0.05, 0) is 17.7 Å². The van der Waals surface area contributed by atoms with Crippen LogP contribution in [-0.2, 0) is 14.3 Å². The van der Waals surface area contributed by atoms with E-state index in [2.05, 4.69) is 6.58 Å². The molecule has 0 heterocycles. The molecule has 0 spiro atoms. The van der Waals surface area contributed by atoms with Crippen LogP contribution in [0.15, 0.2) is 72.9 Å². The molecule has 0 aliphatic heterocycles. The Balaban J connectivity index is 2.90. The molecule has 0 amide bonds. The van der Waals surface area contributed by atoms with Crippen molar-refractivity contribution in [3.8, 4) is 0 Å². The number of aliphatic carboxylic acids is 1. The quantitative estimate of drug-likeness (QED) is 0.362. The van der Waals surface area contributed by atoms with Crippen molar-refractivity contribution in [3.63, 3.8) is 0 Å². The minimum Gasteiger partial charge on any atom is -0.478 e. The third kappa shape index (κ3) is 6.73. The molecule has 0 bridgehead atoms. The molecule has 4 heteroatoms. The van der Waals surface area contributed by atoms with Crippen LogP contribution in [0, 0.1) is 0 Å². The highest BCUT2D eigenvalue weighted by molar-refractivity contribution is 5.93. The van der Waals surface area contributed by atoms with Crippen LogP contribution in [0.1, 0.15) is 5.56 Å². The Morgan fingerprint density at radius 1 is 1.19 bits per heavy atom. The molecule has 1 N–H and O–H groups in total. The minimum absolute atomic E-state index is 0.0952. The average molecular weight is 284 g/mol. The highest BCUT2D eigenvalue weighted by Gasteiger charge is 2.06. The molecular formula is C17H16O4. The molecule has 1 aromatic rings. The Labute approximate surface area is 123 Å². The predicted molar refractivity (Wildman–Crippen MR) is 81.5 cm³/mol. The van der Waals surface area contributed by atoms with Gasteiger partial charge in [-0.3, -0.25) is 0 Å². The third-order valence-electron chi connectivity index (χ3n) is 2.34. The largest absolute Gasteiger partial charge is 0.478 e. The second kappa shape index (κ2) is 9.09. The summed E-state index contributed by atoms with van der Waals surface area (Å²) < 4.78 is 4.94. The van der Waals surface area contributed by atoms with E-state index in [-0.39, 0.29) is 12.2 Å². The van der Waals surface area contributed by atoms with E-state index < -0.39 is 11.9 Å². The van der Waals surface area contributed by atoms with Crippen LogP contribution >= 0.6 is 0 Å². The normalized spacial score (nSPS) is 11.7. The van der Waals surface area contributed by atoms with Crippen LogP contribution in [0.2, 0.25) is 0 Å². The maximum absolute atomic E-state index is 11.8. The molecule has 1 aromatic carbocycles. The Bertz CT molecular complexity index is 580. The highest BCUT2D eigenvalue weighted by Crippen LogP contribution is 2.07. The molecule has 0 saturated carbocycles. The van der Waals surface area contributed by atoms with Gasteiger partial charge in [-0.15, -0.1) is 0 Å². The fourth-order valence-corrected chi connectivity index (χ4v) is 1.39. The standard InChI is InChI=1S/C17H16O4/c1-2-13-21-17(20)15(9-6-10-16(18)19)12-11-14-7-4-3-5-8-14/h2-12H,1,13H2,(H,18,19). The van der Waals surface area contributed by atoms with E-state index in [1.807, 2.05) is 30.3 Å². The predicted octanol–water partition coefficient (Wildman–Crippen LogP) is 3.00. The third-order valence-corrected chi connectivity index (χ3v) is 2.34. The van der Waals surface area contributed by atoms with E-state index in [4.69, 9.17) is 9.84 Å². The van der Waals surface area contributed by atoms with Gasteiger partial charge in [0.15, 0.2) is 0 Å². The van der Waals surface area contributed by atoms with E-state index in [0.717, 1.165) is 11.6 Å². The van der Waals surface area contributed by atoms with E-state index >= 15 is 0 Å². The summed E-state index contributed by atoms with van der Waals surface area (Å²) in [5.74, 6) is -1.63. The number of carbonyl (C=O) groups excluding carboxylic acids is 1. The summed E-state index contributed by atoms with van der Waals surface area (Å²) in [5, 5.41) is 8.55. The fraction of sp³-hybridized carbons (Fsp3) is 0.0588. The zero-order valence-electron chi connectivity index (χ0n) is 11.4. The summed E-state index contributed by atoms with van der Waals surface area (Å²) in [6.07, 6.45) is 8.39.